The molecule has 0 atom stereocenters. The van der Waals surface area contributed by atoms with Crippen molar-refractivity contribution in [3.8, 4) is 5.75 Å². The number of carbonyl (C=O) groups excluding carboxylic acids is 1. The van der Waals surface area contributed by atoms with Crippen molar-refractivity contribution in [3.63, 3.8) is 0 Å². The third kappa shape index (κ3) is 29.1. The van der Waals surface area contributed by atoms with E-state index in [2.05, 4.69) is 5.32 Å². The first-order chi connectivity index (χ1) is 21.7. The third-order valence-corrected chi connectivity index (χ3v) is 5.39. The quantitative estimate of drug-likeness (QED) is 0.0866. The molecule has 0 aliphatic carbocycles. The van der Waals surface area contributed by atoms with Crippen LogP contribution in [0, 0.1) is 0 Å². The van der Waals surface area contributed by atoms with Crippen LogP contribution in [0.3, 0.4) is 0 Å². The minimum Gasteiger partial charge on any atom is -0.491 e. The molecular weight excluding hydrogens is 602 g/mol. The van der Waals surface area contributed by atoms with Gasteiger partial charge in [0.25, 0.3) is 0 Å². The van der Waals surface area contributed by atoms with Gasteiger partial charge in [-0.25, -0.2) is 0 Å². The summed E-state index contributed by atoms with van der Waals surface area (Å²) in [6.07, 6.45) is 0. The van der Waals surface area contributed by atoms with E-state index >= 15 is 0 Å². The molecule has 0 aromatic heterocycles. The van der Waals surface area contributed by atoms with Crippen molar-refractivity contribution in [1.29, 1.82) is 0 Å². The second-order valence-corrected chi connectivity index (χ2v) is 9.24. The standard InChI is InChI=1S/C30H52ClNO12/c1-28(33)32-29-2-4-30(5-3-29)44-27-26-43-25-24-42-23-22-41-21-20-40-19-18-39-17-16-38-15-14-37-13-12-36-11-10-35-9-8-34-7-6-31/h2-5H,6-27H2,1H3,(H,32,33). The molecule has 0 unspecified atom stereocenters. The van der Waals surface area contributed by atoms with Gasteiger partial charge in [0.2, 0.25) is 5.91 Å². The largest absolute Gasteiger partial charge is 0.491 e. The van der Waals surface area contributed by atoms with E-state index in [0.717, 1.165) is 5.69 Å². The molecule has 0 heterocycles. The van der Waals surface area contributed by atoms with Crippen molar-refractivity contribution in [2.24, 2.45) is 0 Å². The van der Waals surface area contributed by atoms with Crippen molar-refractivity contribution in [2.45, 2.75) is 6.92 Å². The van der Waals surface area contributed by atoms with Crippen LogP contribution in [0.15, 0.2) is 24.3 Å². The van der Waals surface area contributed by atoms with Gasteiger partial charge in [-0.3, -0.25) is 4.79 Å². The van der Waals surface area contributed by atoms with E-state index in [1.807, 2.05) is 0 Å². The number of alkyl halides is 1. The van der Waals surface area contributed by atoms with Crippen LogP contribution >= 0.6 is 11.6 Å². The molecule has 0 bridgehead atoms. The maximum Gasteiger partial charge on any atom is 0.221 e. The summed E-state index contributed by atoms with van der Waals surface area (Å²) >= 11 is 5.51. The number of benzene rings is 1. The van der Waals surface area contributed by atoms with E-state index in [1.54, 1.807) is 24.3 Å². The minimum atomic E-state index is -0.108. The van der Waals surface area contributed by atoms with Crippen LogP contribution in [0.2, 0.25) is 0 Å². The fraction of sp³-hybridized carbons (Fsp3) is 0.767. The lowest BCUT2D eigenvalue weighted by Crippen LogP contribution is -2.15. The smallest absolute Gasteiger partial charge is 0.221 e. The van der Waals surface area contributed by atoms with Gasteiger partial charge < -0.3 is 57.4 Å². The first kappa shape index (κ1) is 40.4. The van der Waals surface area contributed by atoms with Gasteiger partial charge in [-0.05, 0) is 24.3 Å². The zero-order valence-corrected chi connectivity index (χ0v) is 26.9. The minimum absolute atomic E-state index is 0.108. The van der Waals surface area contributed by atoms with E-state index in [-0.39, 0.29) is 5.91 Å². The summed E-state index contributed by atoms with van der Waals surface area (Å²) in [6, 6.07) is 7.17. The molecule has 0 spiro atoms. The highest BCUT2D eigenvalue weighted by Crippen LogP contribution is 2.15. The number of halogens is 1. The lowest BCUT2D eigenvalue weighted by atomic mass is 10.3. The van der Waals surface area contributed by atoms with E-state index in [4.69, 9.17) is 63.7 Å². The summed E-state index contributed by atoms with van der Waals surface area (Å²) in [6.45, 7) is 12.0. The predicted molar refractivity (Wildman–Crippen MR) is 165 cm³/mol. The number of anilines is 1. The number of hydrogen-bond donors (Lipinski definition) is 1. The van der Waals surface area contributed by atoms with E-state index < -0.39 is 0 Å². The van der Waals surface area contributed by atoms with Gasteiger partial charge in [-0.15, -0.1) is 11.6 Å². The van der Waals surface area contributed by atoms with Crippen molar-refractivity contribution in [2.75, 3.05) is 150 Å². The summed E-state index contributed by atoms with van der Waals surface area (Å²) in [5.41, 5.74) is 0.732. The Balaban J connectivity index is 1.67. The molecule has 1 aromatic carbocycles. The molecule has 0 fully saturated rings. The number of amides is 1. The Morgan fingerprint density at radius 1 is 0.477 bits per heavy atom. The SMILES string of the molecule is CC(=O)Nc1ccc(OCCOCCOCCOCCOCCOCCOCCOCCOCCOCCOCCCl)cc1. The van der Waals surface area contributed by atoms with Gasteiger partial charge in [0.15, 0.2) is 0 Å². The Morgan fingerprint density at radius 3 is 1.02 bits per heavy atom. The number of nitrogens with one attached hydrogen (secondary N) is 1. The average Bonchev–Trinajstić information content (AvgIpc) is 3.02. The molecule has 0 radical (unpaired) electrons. The van der Waals surface area contributed by atoms with Gasteiger partial charge in [0.1, 0.15) is 12.4 Å². The average molecular weight is 654 g/mol. The molecule has 1 rings (SSSR count). The van der Waals surface area contributed by atoms with Gasteiger partial charge in [-0.2, -0.15) is 0 Å². The van der Waals surface area contributed by atoms with Crippen molar-refractivity contribution >= 4 is 23.2 Å². The molecule has 44 heavy (non-hydrogen) atoms. The maximum absolute atomic E-state index is 11.0. The second kappa shape index (κ2) is 32.8. The highest BCUT2D eigenvalue weighted by atomic mass is 35.5. The Labute approximate surface area is 266 Å². The Hall–Kier alpha value is -1.62. The number of hydrogen-bond acceptors (Lipinski definition) is 12. The molecule has 1 N–H and O–H groups in total. The first-order valence-corrected chi connectivity index (χ1v) is 15.6. The van der Waals surface area contributed by atoms with E-state index in [1.165, 1.54) is 6.92 Å². The zero-order valence-electron chi connectivity index (χ0n) is 26.1. The number of ether oxygens (including phenoxy) is 11. The molecule has 1 amide bonds. The van der Waals surface area contributed by atoms with Crippen LogP contribution in [0.1, 0.15) is 6.92 Å². The summed E-state index contributed by atoms with van der Waals surface area (Å²) in [7, 11) is 0. The normalized spacial score (nSPS) is 11.2. The second-order valence-electron chi connectivity index (χ2n) is 8.87. The zero-order chi connectivity index (χ0) is 31.6. The molecular formula is C30H52ClNO12. The Bertz CT molecular complexity index is 747. The fourth-order valence-corrected chi connectivity index (χ4v) is 3.30. The monoisotopic (exact) mass is 653 g/mol. The Morgan fingerprint density at radius 2 is 0.750 bits per heavy atom. The van der Waals surface area contributed by atoms with Crippen LogP contribution in [-0.2, 0) is 52.2 Å². The molecule has 1 aromatic rings. The highest BCUT2D eigenvalue weighted by molar-refractivity contribution is 6.17. The van der Waals surface area contributed by atoms with E-state index in [0.29, 0.717) is 150 Å². The molecule has 0 saturated carbocycles. The molecule has 256 valence electrons. The third-order valence-electron chi connectivity index (χ3n) is 5.24. The summed E-state index contributed by atoms with van der Waals surface area (Å²) < 4.78 is 59.8. The molecule has 13 nitrogen and oxygen atoms in total. The lowest BCUT2D eigenvalue weighted by molar-refractivity contribution is -0.114. The summed E-state index contributed by atoms with van der Waals surface area (Å²) in [5.74, 6) is 1.10. The first-order valence-electron chi connectivity index (χ1n) is 15.1. The molecule has 0 saturated heterocycles. The Kier molecular flexibility index (Phi) is 30.1. The molecule has 14 heteroatoms. The number of carbonyl (C=O) groups is 1. The van der Waals surface area contributed by atoms with Gasteiger partial charge >= 0.3 is 0 Å². The van der Waals surface area contributed by atoms with Gasteiger partial charge in [0.05, 0.1) is 132 Å². The van der Waals surface area contributed by atoms with E-state index in [9.17, 15) is 4.79 Å². The van der Waals surface area contributed by atoms with Crippen LogP contribution in [0.5, 0.6) is 5.75 Å². The topological polar surface area (TPSA) is 131 Å². The van der Waals surface area contributed by atoms with Gasteiger partial charge in [-0.1, -0.05) is 0 Å². The van der Waals surface area contributed by atoms with Crippen LogP contribution in [0.4, 0.5) is 5.69 Å². The predicted octanol–water partition coefficient (Wildman–Crippen LogP) is 2.43. The van der Waals surface area contributed by atoms with Crippen LogP contribution in [0.25, 0.3) is 0 Å². The van der Waals surface area contributed by atoms with Crippen molar-refractivity contribution < 1.29 is 56.9 Å². The van der Waals surface area contributed by atoms with Crippen LogP contribution in [-0.4, -0.2) is 151 Å². The lowest BCUT2D eigenvalue weighted by Gasteiger charge is -2.09. The number of rotatable bonds is 34. The highest BCUT2D eigenvalue weighted by Gasteiger charge is 1.99. The summed E-state index contributed by atoms with van der Waals surface area (Å²) in [4.78, 5) is 11.0. The van der Waals surface area contributed by atoms with Crippen LogP contribution < -0.4 is 10.1 Å². The van der Waals surface area contributed by atoms with Gasteiger partial charge in [0, 0.05) is 18.5 Å². The molecule has 0 aliphatic rings. The maximum atomic E-state index is 11.0. The fourth-order valence-electron chi connectivity index (χ4n) is 3.19. The molecule has 0 aliphatic heterocycles. The van der Waals surface area contributed by atoms with Crippen molar-refractivity contribution in [3.05, 3.63) is 24.3 Å². The summed E-state index contributed by atoms with van der Waals surface area (Å²) in [5, 5.41) is 2.71. The van der Waals surface area contributed by atoms with Crippen molar-refractivity contribution in [1.82, 2.24) is 0 Å².